The second kappa shape index (κ2) is 10.0. The maximum atomic E-state index is 8.36. The van der Waals surface area contributed by atoms with E-state index in [0.29, 0.717) is 0 Å². The van der Waals surface area contributed by atoms with Crippen LogP contribution >= 0.6 is 11.6 Å². The molecule has 8 heteroatoms. The minimum Gasteiger partial charge on any atom is -0.490 e. The molecule has 3 rings (SSSR count). The highest BCUT2D eigenvalue weighted by Crippen LogP contribution is 2.22. The van der Waals surface area contributed by atoms with Crippen LogP contribution in [0.3, 0.4) is 0 Å². The van der Waals surface area contributed by atoms with Crippen LogP contribution in [0.5, 0.6) is 5.75 Å². The summed E-state index contributed by atoms with van der Waals surface area (Å²) in [6, 6.07) is 7.63. The van der Waals surface area contributed by atoms with Gasteiger partial charge in [0.2, 0.25) is 0 Å². The van der Waals surface area contributed by atoms with Crippen molar-refractivity contribution in [2.24, 2.45) is 0 Å². The first kappa shape index (κ1) is 19.2. The molecule has 0 unspecified atom stereocenters. The van der Waals surface area contributed by atoms with E-state index in [1.807, 2.05) is 31.2 Å². The van der Waals surface area contributed by atoms with Crippen molar-refractivity contribution >= 4 is 18.1 Å². The molecule has 0 saturated carbocycles. The number of carbonyl (C=O) groups is 1. The van der Waals surface area contributed by atoms with Gasteiger partial charge in [0.25, 0.3) is 6.47 Å². The SMILES string of the molecule is Cc1nncn1CCN1CCC(Oc2cccc(Cl)c2)CC1.O=CO. The number of aryl methyl sites for hydroxylation is 1. The Hall–Kier alpha value is -2.12. The van der Waals surface area contributed by atoms with E-state index >= 15 is 0 Å². The van der Waals surface area contributed by atoms with E-state index in [4.69, 9.17) is 26.2 Å². The number of likely N-dealkylation sites (tertiary alicyclic amines) is 1. The first-order valence-corrected chi connectivity index (χ1v) is 8.57. The molecule has 7 nitrogen and oxygen atoms in total. The third-order valence-corrected chi connectivity index (χ3v) is 4.33. The Morgan fingerprint density at radius 3 is 2.68 bits per heavy atom. The molecular weight excluding hydrogens is 344 g/mol. The summed E-state index contributed by atoms with van der Waals surface area (Å²) in [7, 11) is 0. The molecule has 1 fully saturated rings. The lowest BCUT2D eigenvalue weighted by molar-refractivity contribution is -0.122. The highest BCUT2D eigenvalue weighted by atomic mass is 35.5. The largest absolute Gasteiger partial charge is 0.490 e. The minimum atomic E-state index is -0.250. The Kier molecular flexibility index (Phi) is 7.69. The smallest absolute Gasteiger partial charge is 0.290 e. The van der Waals surface area contributed by atoms with E-state index in [1.54, 1.807) is 6.33 Å². The van der Waals surface area contributed by atoms with Crippen LogP contribution in [0.1, 0.15) is 18.7 Å². The van der Waals surface area contributed by atoms with Crippen molar-refractivity contribution in [1.29, 1.82) is 0 Å². The number of hydrogen-bond acceptors (Lipinski definition) is 5. The maximum absolute atomic E-state index is 8.36. The Morgan fingerprint density at radius 2 is 2.08 bits per heavy atom. The fourth-order valence-corrected chi connectivity index (χ4v) is 2.95. The van der Waals surface area contributed by atoms with Crippen LogP contribution in [0.15, 0.2) is 30.6 Å². The van der Waals surface area contributed by atoms with E-state index in [0.717, 1.165) is 55.6 Å². The topological polar surface area (TPSA) is 80.5 Å². The van der Waals surface area contributed by atoms with Gasteiger partial charge in [0.1, 0.15) is 24.0 Å². The van der Waals surface area contributed by atoms with Crippen LogP contribution in [0.4, 0.5) is 0 Å². The van der Waals surface area contributed by atoms with Gasteiger partial charge in [-0.25, -0.2) is 0 Å². The summed E-state index contributed by atoms with van der Waals surface area (Å²) in [6.45, 7) is 5.83. The van der Waals surface area contributed by atoms with Crippen molar-refractivity contribution in [3.05, 3.63) is 41.4 Å². The molecule has 1 saturated heterocycles. The van der Waals surface area contributed by atoms with Gasteiger partial charge in [0.05, 0.1) is 0 Å². The molecule has 2 heterocycles. The van der Waals surface area contributed by atoms with Crippen molar-refractivity contribution < 1.29 is 14.6 Å². The lowest BCUT2D eigenvalue weighted by Crippen LogP contribution is -2.39. The molecule has 1 aromatic carbocycles. The van der Waals surface area contributed by atoms with Gasteiger partial charge in [0, 0.05) is 31.2 Å². The molecule has 0 atom stereocenters. The first-order chi connectivity index (χ1) is 12.1. The monoisotopic (exact) mass is 366 g/mol. The second-order valence-electron chi connectivity index (χ2n) is 5.79. The Labute approximate surface area is 152 Å². The van der Waals surface area contributed by atoms with Crippen LogP contribution in [0, 0.1) is 6.92 Å². The van der Waals surface area contributed by atoms with Gasteiger partial charge in [-0.15, -0.1) is 10.2 Å². The summed E-state index contributed by atoms with van der Waals surface area (Å²) in [6.07, 6.45) is 4.18. The van der Waals surface area contributed by atoms with Gasteiger partial charge in [0.15, 0.2) is 0 Å². The number of ether oxygens (including phenoxy) is 1. The lowest BCUT2D eigenvalue weighted by Gasteiger charge is -2.32. The molecule has 25 heavy (non-hydrogen) atoms. The van der Waals surface area contributed by atoms with Crippen molar-refractivity contribution in [2.75, 3.05) is 19.6 Å². The average Bonchev–Trinajstić information content (AvgIpc) is 3.00. The van der Waals surface area contributed by atoms with Crippen LogP contribution in [-0.4, -0.2) is 57.0 Å². The summed E-state index contributed by atoms with van der Waals surface area (Å²) in [5.41, 5.74) is 0. The predicted octanol–water partition coefficient (Wildman–Crippen LogP) is 2.48. The van der Waals surface area contributed by atoms with Gasteiger partial charge >= 0.3 is 0 Å². The molecule has 1 aromatic heterocycles. The summed E-state index contributed by atoms with van der Waals surface area (Å²) in [4.78, 5) is 10.8. The Bertz CT molecular complexity index is 657. The maximum Gasteiger partial charge on any atom is 0.290 e. The van der Waals surface area contributed by atoms with Crippen LogP contribution in [-0.2, 0) is 11.3 Å². The predicted molar refractivity (Wildman–Crippen MR) is 95.0 cm³/mol. The average molecular weight is 367 g/mol. The fourth-order valence-electron chi connectivity index (χ4n) is 2.76. The number of benzene rings is 1. The molecule has 0 amide bonds. The standard InChI is InChI=1S/C16H21ClN4O.CH2O2/c1-13-19-18-12-21(13)10-9-20-7-5-15(6-8-20)22-16-4-2-3-14(17)11-16;2-1-3/h2-4,11-12,15H,5-10H2,1H3;1H,(H,2,3). The molecule has 1 aliphatic rings. The van der Waals surface area contributed by atoms with E-state index in [2.05, 4.69) is 19.7 Å². The zero-order valence-electron chi connectivity index (χ0n) is 14.2. The number of halogens is 1. The molecule has 2 aromatic rings. The zero-order chi connectivity index (χ0) is 18.1. The lowest BCUT2D eigenvalue weighted by atomic mass is 10.1. The summed E-state index contributed by atoms with van der Waals surface area (Å²) in [5.74, 6) is 1.84. The summed E-state index contributed by atoms with van der Waals surface area (Å²) < 4.78 is 8.11. The van der Waals surface area contributed by atoms with Crippen molar-refractivity contribution in [2.45, 2.75) is 32.4 Å². The third kappa shape index (κ3) is 6.36. The number of nitrogens with zero attached hydrogens (tertiary/aromatic N) is 4. The number of rotatable bonds is 5. The molecule has 0 bridgehead atoms. The molecule has 0 spiro atoms. The third-order valence-electron chi connectivity index (χ3n) is 4.10. The van der Waals surface area contributed by atoms with Crippen LogP contribution < -0.4 is 4.74 Å². The van der Waals surface area contributed by atoms with Crippen molar-refractivity contribution in [3.63, 3.8) is 0 Å². The normalized spacial score (nSPS) is 15.3. The highest BCUT2D eigenvalue weighted by molar-refractivity contribution is 6.30. The number of piperidine rings is 1. The number of carboxylic acid groups (broad SMARTS) is 1. The highest BCUT2D eigenvalue weighted by Gasteiger charge is 2.20. The zero-order valence-corrected chi connectivity index (χ0v) is 15.0. The Balaban J connectivity index is 0.000000701. The summed E-state index contributed by atoms with van der Waals surface area (Å²) in [5, 5.41) is 15.5. The van der Waals surface area contributed by atoms with Crippen LogP contribution in [0.2, 0.25) is 5.02 Å². The van der Waals surface area contributed by atoms with Gasteiger partial charge in [-0.3, -0.25) is 4.79 Å². The number of hydrogen-bond donors (Lipinski definition) is 1. The van der Waals surface area contributed by atoms with Crippen molar-refractivity contribution in [3.8, 4) is 5.75 Å². The fraction of sp³-hybridized carbons (Fsp3) is 0.471. The van der Waals surface area contributed by atoms with Gasteiger partial charge in [-0.1, -0.05) is 17.7 Å². The van der Waals surface area contributed by atoms with Crippen molar-refractivity contribution in [1.82, 2.24) is 19.7 Å². The van der Waals surface area contributed by atoms with E-state index in [9.17, 15) is 0 Å². The summed E-state index contributed by atoms with van der Waals surface area (Å²) >= 11 is 5.99. The molecule has 1 N–H and O–H groups in total. The molecule has 136 valence electrons. The quantitative estimate of drug-likeness (QED) is 0.819. The van der Waals surface area contributed by atoms with Gasteiger partial charge in [-0.05, 0) is 38.0 Å². The minimum absolute atomic E-state index is 0.250. The second-order valence-corrected chi connectivity index (χ2v) is 6.23. The molecular formula is C17H23ClN4O3. The van der Waals surface area contributed by atoms with Gasteiger partial charge in [-0.2, -0.15) is 0 Å². The van der Waals surface area contributed by atoms with E-state index < -0.39 is 0 Å². The molecule has 0 aliphatic carbocycles. The first-order valence-electron chi connectivity index (χ1n) is 8.19. The van der Waals surface area contributed by atoms with Crippen LogP contribution in [0.25, 0.3) is 0 Å². The number of aromatic nitrogens is 3. The molecule has 1 aliphatic heterocycles. The Morgan fingerprint density at radius 1 is 1.36 bits per heavy atom. The van der Waals surface area contributed by atoms with Gasteiger partial charge < -0.3 is 19.3 Å². The van der Waals surface area contributed by atoms with E-state index in [-0.39, 0.29) is 12.6 Å². The molecule has 0 radical (unpaired) electrons. The van der Waals surface area contributed by atoms with E-state index in [1.165, 1.54) is 0 Å².